The van der Waals surface area contributed by atoms with Crippen LogP contribution in [-0.4, -0.2) is 5.60 Å². The molecule has 0 bridgehead atoms. The van der Waals surface area contributed by atoms with Gasteiger partial charge in [-0.15, -0.1) is 0 Å². The molecule has 1 saturated carbocycles. The van der Waals surface area contributed by atoms with E-state index in [4.69, 9.17) is 4.74 Å². The van der Waals surface area contributed by atoms with Gasteiger partial charge in [0.25, 0.3) is 0 Å². The summed E-state index contributed by atoms with van der Waals surface area (Å²) in [5.41, 5.74) is 0.00392. The summed E-state index contributed by atoms with van der Waals surface area (Å²) in [6, 6.07) is 0. The molecule has 0 aromatic rings. The molecule has 1 fully saturated rings. The van der Waals surface area contributed by atoms with E-state index in [1.165, 1.54) is 12.8 Å². The molecule has 76 valence electrons. The standard InChI is InChI=1S/C14H14O/c1-2-3-4-5-8-13-9-12-14(15-13)10-6-7-11-14/h8-9,12H,6-7,10-11H2,1H3/b13-8+. The molecule has 1 spiro atoms. The van der Waals surface area contributed by atoms with Crippen LogP contribution in [0.15, 0.2) is 24.0 Å². The SMILES string of the molecule is CC#CC#C/C=C1\C=CC2(CCCC2)O1. The quantitative estimate of drug-likeness (QED) is 0.544. The van der Waals surface area contributed by atoms with Crippen LogP contribution in [0.3, 0.4) is 0 Å². The molecule has 0 aromatic carbocycles. The molecule has 2 aliphatic rings. The molecule has 1 nitrogen and oxygen atoms in total. The van der Waals surface area contributed by atoms with E-state index in [2.05, 4.69) is 29.8 Å². The average Bonchev–Trinajstić information content (AvgIpc) is 2.85. The Balaban J connectivity index is 2.01. The Bertz CT molecular complexity index is 412. The van der Waals surface area contributed by atoms with Crippen LogP contribution in [-0.2, 0) is 4.74 Å². The molecule has 2 rings (SSSR count). The van der Waals surface area contributed by atoms with E-state index in [9.17, 15) is 0 Å². The normalized spacial score (nSPS) is 23.1. The minimum absolute atomic E-state index is 0.00392. The van der Waals surface area contributed by atoms with Gasteiger partial charge >= 0.3 is 0 Å². The number of hydrogen-bond acceptors (Lipinski definition) is 1. The number of ether oxygens (including phenoxy) is 1. The molecule has 0 unspecified atom stereocenters. The van der Waals surface area contributed by atoms with Crippen LogP contribution in [0.2, 0.25) is 0 Å². The van der Waals surface area contributed by atoms with Gasteiger partial charge < -0.3 is 4.74 Å². The first-order valence-electron chi connectivity index (χ1n) is 5.35. The topological polar surface area (TPSA) is 9.23 Å². The molecule has 0 N–H and O–H groups in total. The van der Waals surface area contributed by atoms with Crippen LogP contribution in [0.5, 0.6) is 0 Å². The Labute approximate surface area is 91.2 Å². The lowest BCUT2D eigenvalue weighted by Crippen LogP contribution is -2.20. The third-order valence-corrected chi connectivity index (χ3v) is 2.80. The van der Waals surface area contributed by atoms with Gasteiger partial charge in [0, 0.05) is 6.08 Å². The molecule has 0 radical (unpaired) electrons. The number of rotatable bonds is 0. The van der Waals surface area contributed by atoms with Gasteiger partial charge in [-0.05, 0) is 56.6 Å². The molecule has 0 atom stereocenters. The smallest absolute Gasteiger partial charge is 0.128 e. The maximum atomic E-state index is 5.89. The highest BCUT2D eigenvalue weighted by atomic mass is 16.5. The zero-order valence-corrected chi connectivity index (χ0v) is 8.97. The summed E-state index contributed by atoms with van der Waals surface area (Å²) < 4.78 is 5.89. The van der Waals surface area contributed by atoms with Crippen molar-refractivity contribution in [3.63, 3.8) is 0 Å². The Morgan fingerprint density at radius 1 is 1.33 bits per heavy atom. The number of hydrogen-bond donors (Lipinski definition) is 0. The first-order chi connectivity index (χ1) is 7.35. The summed E-state index contributed by atoms with van der Waals surface area (Å²) in [5.74, 6) is 11.9. The van der Waals surface area contributed by atoms with Gasteiger partial charge in [-0.25, -0.2) is 0 Å². The van der Waals surface area contributed by atoms with E-state index in [1.807, 2.05) is 6.08 Å². The molecular weight excluding hydrogens is 184 g/mol. The van der Waals surface area contributed by atoms with Crippen molar-refractivity contribution in [1.82, 2.24) is 0 Å². The van der Waals surface area contributed by atoms with E-state index in [-0.39, 0.29) is 5.60 Å². The van der Waals surface area contributed by atoms with Crippen LogP contribution in [0.4, 0.5) is 0 Å². The van der Waals surface area contributed by atoms with Crippen LogP contribution >= 0.6 is 0 Å². The lowest BCUT2D eigenvalue weighted by Gasteiger charge is -2.21. The first-order valence-corrected chi connectivity index (χ1v) is 5.35. The second kappa shape index (κ2) is 4.28. The maximum absolute atomic E-state index is 5.89. The summed E-state index contributed by atoms with van der Waals surface area (Å²) in [6.45, 7) is 1.78. The van der Waals surface area contributed by atoms with Gasteiger partial charge in [0.15, 0.2) is 0 Å². The van der Waals surface area contributed by atoms with Crippen molar-refractivity contribution >= 4 is 0 Å². The van der Waals surface area contributed by atoms with Gasteiger partial charge in [0.1, 0.15) is 11.4 Å². The van der Waals surface area contributed by atoms with Crippen molar-refractivity contribution in [1.29, 1.82) is 0 Å². The molecule has 1 heterocycles. The minimum Gasteiger partial charge on any atom is -0.483 e. The summed E-state index contributed by atoms with van der Waals surface area (Å²) >= 11 is 0. The van der Waals surface area contributed by atoms with E-state index in [0.29, 0.717) is 0 Å². The molecule has 0 aromatic heterocycles. The zero-order chi connectivity index (χ0) is 10.6. The van der Waals surface area contributed by atoms with Crippen molar-refractivity contribution in [2.45, 2.75) is 38.2 Å². The van der Waals surface area contributed by atoms with E-state index < -0.39 is 0 Å². The molecular formula is C14H14O. The van der Waals surface area contributed by atoms with Gasteiger partial charge in [-0.3, -0.25) is 0 Å². The van der Waals surface area contributed by atoms with Gasteiger partial charge in [0.2, 0.25) is 0 Å². The Kier molecular flexibility index (Phi) is 2.84. The van der Waals surface area contributed by atoms with Gasteiger partial charge in [0.05, 0.1) is 0 Å². The highest BCUT2D eigenvalue weighted by Crippen LogP contribution is 2.40. The third-order valence-electron chi connectivity index (χ3n) is 2.80. The molecule has 1 aliphatic carbocycles. The highest BCUT2D eigenvalue weighted by molar-refractivity contribution is 5.35. The minimum atomic E-state index is 0.00392. The third kappa shape index (κ3) is 2.25. The molecule has 0 amide bonds. The summed E-state index contributed by atoms with van der Waals surface area (Å²) in [7, 11) is 0. The molecule has 0 saturated heterocycles. The van der Waals surface area contributed by atoms with Crippen LogP contribution < -0.4 is 0 Å². The fraction of sp³-hybridized carbons (Fsp3) is 0.429. The second-order valence-electron chi connectivity index (χ2n) is 3.90. The zero-order valence-electron chi connectivity index (χ0n) is 8.97. The Hall–Kier alpha value is -1.60. The van der Waals surface area contributed by atoms with Crippen LogP contribution in [0, 0.1) is 23.7 Å². The monoisotopic (exact) mass is 198 g/mol. The average molecular weight is 198 g/mol. The fourth-order valence-electron chi connectivity index (χ4n) is 2.06. The predicted octanol–water partition coefficient (Wildman–Crippen LogP) is 2.80. The van der Waals surface area contributed by atoms with Crippen LogP contribution in [0.25, 0.3) is 0 Å². The molecule has 15 heavy (non-hydrogen) atoms. The van der Waals surface area contributed by atoms with Crippen molar-refractivity contribution in [2.24, 2.45) is 0 Å². The van der Waals surface area contributed by atoms with Crippen LogP contribution in [0.1, 0.15) is 32.6 Å². The lowest BCUT2D eigenvalue weighted by atomic mass is 10.0. The Morgan fingerprint density at radius 3 is 2.87 bits per heavy atom. The van der Waals surface area contributed by atoms with E-state index in [0.717, 1.165) is 18.6 Å². The second-order valence-corrected chi connectivity index (χ2v) is 3.90. The van der Waals surface area contributed by atoms with Crippen molar-refractivity contribution in [2.75, 3.05) is 0 Å². The maximum Gasteiger partial charge on any atom is 0.128 e. The fourth-order valence-corrected chi connectivity index (χ4v) is 2.06. The first kappa shape index (κ1) is 9.94. The number of allylic oxidation sites excluding steroid dienone is 2. The summed E-state index contributed by atoms with van der Waals surface area (Å²) in [5, 5.41) is 0. The summed E-state index contributed by atoms with van der Waals surface area (Å²) in [6.07, 6.45) is 10.8. The Morgan fingerprint density at radius 2 is 2.13 bits per heavy atom. The van der Waals surface area contributed by atoms with Gasteiger partial charge in [-0.2, -0.15) is 0 Å². The lowest BCUT2D eigenvalue weighted by molar-refractivity contribution is 0.0743. The largest absolute Gasteiger partial charge is 0.483 e. The van der Waals surface area contributed by atoms with Crippen molar-refractivity contribution in [3.8, 4) is 23.7 Å². The van der Waals surface area contributed by atoms with Gasteiger partial charge in [-0.1, -0.05) is 11.8 Å². The highest BCUT2D eigenvalue weighted by Gasteiger charge is 2.36. The summed E-state index contributed by atoms with van der Waals surface area (Å²) in [4.78, 5) is 0. The van der Waals surface area contributed by atoms with Crippen molar-refractivity contribution < 1.29 is 4.74 Å². The van der Waals surface area contributed by atoms with E-state index >= 15 is 0 Å². The molecule has 1 aliphatic heterocycles. The molecule has 1 heteroatoms. The predicted molar refractivity (Wildman–Crippen MR) is 60.7 cm³/mol. The van der Waals surface area contributed by atoms with E-state index in [1.54, 1.807) is 13.0 Å². The van der Waals surface area contributed by atoms with Crippen molar-refractivity contribution in [3.05, 3.63) is 24.0 Å².